The first kappa shape index (κ1) is 37.2. The summed E-state index contributed by atoms with van der Waals surface area (Å²) in [5, 5.41) is 6.39. The van der Waals surface area contributed by atoms with Crippen molar-refractivity contribution in [2.45, 2.75) is 113 Å². The highest BCUT2D eigenvalue weighted by atomic mass is 32.2. The minimum Gasteiger partial charge on any atom is -0.497 e. The quantitative estimate of drug-likeness (QED) is 0.275. The first-order valence-corrected chi connectivity index (χ1v) is 20.8. The Balaban J connectivity index is 1.20. The number of amides is 3. The first-order chi connectivity index (χ1) is 25.2. The molecule has 7 rings (SSSR count). The number of nitrogens with zero attached hydrogens (tertiary/aromatic N) is 3. The van der Waals surface area contributed by atoms with E-state index in [4.69, 9.17) is 25.2 Å². The van der Waals surface area contributed by atoms with E-state index in [9.17, 15) is 22.8 Å². The lowest BCUT2D eigenvalue weighted by Gasteiger charge is -2.28. The molecule has 0 radical (unpaired) electrons. The number of hydrogen-bond acceptors (Lipinski definition) is 11. The molecule has 284 valence electrons. The van der Waals surface area contributed by atoms with Crippen molar-refractivity contribution in [1.29, 1.82) is 0 Å². The summed E-state index contributed by atoms with van der Waals surface area (Å²) in [4.78, 5) is 53.2. The number of fused-ring (bicyclic) bond motifs is 3. The zero-order chi connectivity index (χ0) is 37.7. The van der Waals surface area contributed by atoms with Crippen molar-refractivity contribution in [2.75, 3.05) is 13.7 Å². The molecule has 4 heterocycles. The summed E-state index contributed by atoms with van der Waals surface area (Å²) in [6.07, 6.45) is 8.29. The van der Waals surface area contributed by atoms with Crippen LogP contribution in [0.1, 0.15) is 90.2 Å². The Morgan fingerprint density at radius 3 is 2.66 bits per heavy atom. The van der Waals surface area contributed by atoms with Gasteiger partial charge in [-0.1, -0.05) is 38.8 Å². The molecule has 4 aliphatic rings. The number of benzene rings is 1. The van der Waals surface area contributed by atoms with E-state index in [2.05, 4.69) is 23.9 Å². The van der Waals surface area contributed by atoms with Crippen LogP contribution in [-0.4, -0.2) is 83.1 Å². The van der Waals surface area contributed by atoms with E-state index in [-0.39, 0.29) is 37.1 Å². The minimum atomic E-state index is -3.95. The molecule has 3 amide bonds. The predicted octanol–water partition coefficient (Wildman–Crippen LogP) is 4.56. The minimum absolute atomic E-state index is 0.0872. The molecule has 2 aromatic heterocycles. The zero-order valence-corrected chi connectivity index (χ0v) is 32.2. The maximum absolute atomic E-state index is 14.3. The number of pyridine rings is 1. The number of ether oxygens (including phenoxy) is 2. The Bertz CT molecular complexity index is 2060. The van der Waals surface area contributed by atoms with Gasteiger partial charge in [0.25, 0.3) is 5.91 Å². The largest absolute Gasteiger partial charge is 0.497 e. The van der Waals surface area contributed by atoms with Crippen LogP contribution in [0.3, 0.4) is 0 Å². The van der Waals surface area contributed by atoms with E-state index in [1.807, 2.05) is 41.8 Å². The molecule has 3 aromatic rings. The van der Waals surface area contributed by atoms with Gasteiger partial charge < -0.3 is 25.4 Å². The third-order valence-corrected chi connectivity index (χ3v) is 14.2. The molecule has 2 aliphatic carbocycles. The lowest BCUT2D eigenvalue weighted by Crippen LogP contribution is -2.58. The van der Waals surface area contributed by atoms with Crippen LogP contribution >= 0.6 is 11.3 Å². The molecule has 53 heavy (non-hydrogen) atoms. The number of carbonyl (C=O) groups excluding carboxylic acids is 3. The van der Waals surface area contributed by atoms with Gasteiger partial charge in [0.2, 0.25) is 21.8 Å². The van der Waals surface area contributed by atoms with E-state index >= 15 is 0 Å². The summed E-state index contributed by atoms with van der Waals surface area (Å²) >= 11 is 1.49. The van der Waals surface area contributed by atoms with Crippen molar-refractivity contribution in [2.24, 2.45) is 11.7 Å². The van der Waals surface area contributed by atoms with Gasteiger partial charge in [0.15, 0.2) is 0 Å². The van der Waals surface area contributed by atoms with Crippen LogP contribution in [0.15, 0.2) is 41.8 Å². The van der Waals surface area contributed by atoms with Gasteiger partial charge in [-0.2, -0.15) is 0 Å². The van der Waals surface area contributed by atoms with Crippen molar-refractivity contribution >= 4 is 50.0 Å². The number of methoxy groups -OCH3 is 1. The fourth-order valence-electron chi connectivity index (χ4n) is 7.20. The summed E-state index contributed by atoms with van der Waals surface area (Å²) in [6, 6.07) is 5.52. The monoisotopic (exact) mass is 764 g/mol. The second-order valence-electron chi connectivity index (χ2n) is 15.4. The van der Waals surface area contributed by atoms with Gasteiger partial charge in [-0.3, -0.25) is 19.1 Å². The van der Waals surface area contributed by atoms with Gasteiger partial charge in [0.05, 0.1) is 35.7 Å². The molecule has 1 saturated heterocycles. The molecule has 15 heteroatoms. The fourth-order valence-corrected chi connectivity index (χ4v) is 9.45. The van der Waals surface area contributed by atoms with Crippen LogP contribution in [0.5, 0.6) is 11.5 Å². The van der Waals surface area contributed by atoms with Gasteiger partial charge in [-0.15, -0.1) is 11.3 Å². The average Bonchev–Trinajstić information content (AvgIpc) is 3.89. The highest BCUT2D eigenvalue weighted by Gasteiger charge is 2.63. The number of nitrogens with one attached hydrogen (secondary N) is 2. The van der Waals surface area contributed by atoms with E-state index in [1.54, 1.807) is 14.0 Å². The SMILES string of the molecule is COc1ccc2c(O[C@@H]3C[C@H]4C(=O)N[C@]5(C(=O)NS(=O)(=O)C6(C)CC6)C[C@H]5/C=C\CCCCC[C@H](N)C(=O)N4C3)cc(-c3nc(C(C)C)cs3)nc2c1. The third-order valence-electron chi connectivity index (χ3n) is 11.1. The molecule has 1 aromatic carbocycles. The summed E-state index contributed by atoms with van der Waals surface area (Å²) < 4.78 is 39.6. The Morgan fingerprint density at radius 2 is 1.94 bits per heavy atom. The highest BCUT2D eigenvalue weighted by molar-refractivity contribution is 7.91. The van der Waals surface area contributed by atoms with Gasteiger partial charge in [-0.25, -0.2) is 18.4 Å². The lowest BCUT2D eigenvalue weighted by atomic mass is 10.1. The molecule has 2 saturated carbocycles. The highest BCUT2D eigenvalue weighted by Crippen LogP contribution is 2.47. The van der Waals surface area contributed by atoms with Gasteiger partial charge >= 0.3 is 0 Å². The van der Waals surface area contributed by atoms with Crippen molar-refractivity contribution in [1.82, 2.24) is 24.9 Å². The zero-order valence-electron chi connectivity index (χ0n) is 30.6. The summed E-state index contributed by atoms with van der Waals surface area (Å²) in [7, 11) is -2.36. The van der Waals surface area contributed by atoms with Crippen molar-refractivity contribution in [3.05, 3.63) is 47.5 Å². The van der Waals surface area contributed by atoms with E-state index < -0.39 is 50.3 Å². The Hall–Kier alpha value is -4.08. The lowest BCUT2D eigenvalue weighted by molar-refractivity contribution is -0.140. The van der Waals surface area contributed by atoms with Gasteiger partial charge in [-0.05, 0) is 63.5 Å². The molecule has 0 unspecified atom stereocenters. The van der Waals surface area contributed by atoms with Crippen LogP contribution in [0.2, 0.25) is 0 Å². The molecule has 0 spiro atoms. The van der Waals surface area contributed by atoms with Crippen LogP contribution in [0.25, 0.3) is 21.6 Å². The fraction of sp³-hybridized carbons (Fsp3) is 0.553. The number of nitrogens with two attached hydrogens (primary N) is 1. The number of aromatic nitrogens is 2. The van der Waals surface area contributed by atoms with Gasteiger partial charge in [0.1, 0.15) is 39.9 Å². The number of allylic oxidation sites excluding steroid dienone is 1. The molecule has 2 aliphatic heterocycles. The molecular weight excluding hydrogens is 717 g/mol. The Kier molecular flexibility index (Phi) is 10.0. The molecule has 3 fully saturated rings. The standard InChI is InChI=1S/C38H48N6O7S2/c1-22(2)30-21-52-34(41-30)29-18-32(26-13-12-24(50-4)16-28(26)40-29)51-25-17-31-33(45)42-38(36(47)43-53(48,49)37(3)14-15-37)19-23(38)10-8-6-5-7-9-11-27(39)35(46)44(31)20-25/h8,10,12-13,16,18,21-23,25,27,31H,5-7,9,11,14-15,17,19-20,39H2,1-4H3,(H,42,45)(H,43,47)/b10-8-/t23-,25-,27+,31+,38-/m1/s1. The molecule has 5 atom stereocenters. The molecular formula is C38H48N6O7S2. The first-order valence-electron chi connectivity index (χ1n) is 18.5. The molecule has 0 bridgehead atoms. The topological polar surface area (TPSA) is 183 Å². The summed E-state index contributed by atoms with van der Waals surface area (Å²) in [6.45, 7) is 5.86. The predicted molar refractivity (Wildman–Crippen MR) is 202 cm³/mol. The van der Waals surface area contributed by atoms with Crippen molar-refractivity contribution in [3.63, 3.8) is 0 Å². The number of sulfonamides is 1. The Labute approximate surface area is 314 Å². The number of carbonyl (C=O) groups is 3. The van der Waals surface area contributed by atoms with Crippen LogP contribution in [-0.2, 0) is 24.4 Å². The smallest absolute Gasteiger partial charge is 0.259 e. The normalized spacial score (nSPS) is 27.9. The number of thiazole rings is 1. The Morgan fingerprint density at radius 1 is 1.15 bits per heavy atom. The van der Waals surface area contributed by atoms with E-state index in [1.165, 1.54) is 16.2 Å². The second-order valence-corrected chi connectivity index (χ2v) is 18.5. The summed E-state index contributed by atoms with van der Waals surface area (Å²) in [5.74, 6) is -0.681. The van der Waals surface area contributed by atoms with E-state index in [0.717, 1.165) is 41.8 Å². The maximum atomic E-state index is 14.3. The van der Waals surface area contributed by atoms with Crippen molar-refractivity contribution < 1.29 is 32.3 Å². The molecule has 13 nitrogen and oxygen atoms in total. The maximum Gasteiger partial charge on any atom is 0.259 e. The third kappa shape index (κ3) is 7.39. The van der Waals surface area contributed by atoms with E-state index in [0.29, 0.717) is 42.0 Å². The number of hydrogen-bond donors (Lipinski definition) is 3. The van der Waals surface area contributed by atoms with Crippen molar-refractivity contribution in [3.8, 4) is 22.2 Å². The van der Waals surface area contributed by atoms with Gasteiger partial charge in [0, 0.05) is 35.2 Å². The molecule has 4 N–H and O–H groups in total. The van der Waals surface area contributed by atoms with Crippen LogP contribution < -0.4 is 25.2 Å². The number of rotatable bonds is 8. The average molecular weight is 765 g/mol. The summed E-state index contributed by atoms with van der Waals surface area (Å²) in [5.41, 5.74) is 7.22. The van der Waals surface area contributed by atoms with Crippen LogP contribution in [0.4, 0.5) is 0 Å². The van der Waals surface area contributed by atoms with Crippen LogP contribution in [0, 0.1) is 5.92 Å². The second kappa shape index (κ2) is 14.3.